The van der Waals surface area contributed by atoms with Crippen molar-refractivity contribution >= 4 is 28.3 Å². The van der Waals surface area contributed by atoms with Gasteiger partial charge >= 0.3 is 0 Å². The molecule has 2 fully saturated rings. The normalized spacial score (nSPS) is 26.3. The Balaban J connectivity index is 1.64. The molecule has 2 aliphatic rings. The Morgan fingerprint density at radius 1 is 1.43 bits per heavy atom. The highest BCUT2D eigenvalue weighted by atomic mass is 35.5. The third kappa shape index (κ3) is 3.41. The fourth-order valence-corrected chi connectivity index (χ4v) is 4.88. The molecule has 1 aromatic rings. The van der Waals surface area contributed by atoms with Crippen molar-refractivity contribution in [2.75, 3.05) is 0 Å². The van der Waals surface area contributed by atoms with Gasteiger partial charge in [-0.05, 0) is 50.3 Å². The first-order valence-electron chi connectivity index (χ1n) is 7.53. The summed E-state index contributed by atoms with van der Waals surface area (Å²) in [6, 6.07) is 5.96. The number of carbonyl (C=O) groups excluding carboxylic acids is 1. The van der Waals surface area contributed by atoms with Gasteiger partial charge in [0.25, 0.3) is 0 Å². The molecule has 1 amide bonds. The summed E-state index contributed by atoms with van der Waals surface area (Å²) in [6.07, 6.45) is 3.18. The van der Waals surface area contributed by atoms with Gasteiger partial charge in [0.05, 0.1) is 26.8 Å². The second-order valence-electron chi connectivity index (χ2n) is 6.19. The molecular formula is C16H16ClFN2O2S. The number of hydrogen-bond donors (Lipinski definition) is 1. The monoisotopic (exact) mass is 354 g/mol. The largest absolute Gasteiger partial charge is 0.338 e. The van der Waals surface area contributed by atoms with Crippen molar-refractivity contribution in [2.24, 2.45) is 5.92 Å². The summed E-state index contributed by atoms with van der Waals surface area (Å²) in [6.45, 7) is 0. The first-order valence-corrected chi connectivity index (χ1v) is 9.12. The molecule has 4 nitrogen and oxygen atoms in total. The number of benzene rings is 1. The van der Waals surface area contributed by atoms with Gasteiger partial charge < -0.3 is 5.32 Å². The van der Waals surface area contributed by atoms with E-state index < -0.39 is 22.2 Å². The molecule has 1 unspecified atom stereocenters. The number of halogens is 2. The van der Waals surface area contributed by atoms with E-state index in [1.165, 1.54) is 12.1 Å². The molecule has 0 spiro atoms. The average Bonchev–Trinajstić information content (AvgIpc) is 3.11. The maximum atomic E-state index is 13.1. The molecule has 0 radical (unpaired) electrons. The molecule has 3 rings (SSSR count). The van der Waals surface area contributed by atoms with Crippen molar-refractivity contribution in [2.45, 2.75) is 47.8 Å². The SMILES string of the molecule is N#CC1(NC(=O)[C@@H]2CC[C@@H](S(=O)c3ccc(F)cc3Cl)C2)CC1. The van der Waals surface area contributed by atoms with E-state index >= 15 is 0 Å². The van der Waals surface area contributed by atoms with Crippen molar-refractivity contribution < 1.29 is 13.4 Å². The van der Waals surface area contributed by atoms with E-state index in [0.29, 0.717) is 37.0 Å². The van der Waals surface area contributed by atoms with Crippen LogP contribution in [0.3, 0.4) is 0 Å². The fourth-order valence-electron chi connectivity index (χ4n) is 2.92. The minimum absolute atomic E-state index is 0.131. The number of carbonyl (C=O) groups is 1. The van der Waals surface area contributed by atoms with E-state index in [9.17, 15) is 13.4 Å². The van der Waals surface area contributed by atoms with E-state index in [1.807, 2.05) is 0 Å². The molecule has 0 aliphatic heterocycles. The summed E-state index contributed by atoms with van der Waals surface area (Å²) in [7, 11) is -1.37. The van der Waals surface area contributed by atoms with Crippen molar-refractivity contribution in [1.82, 2.24) is 5.32 Å². The highest BCUT2D eigenvalue weighted by Crippen LogP contribution is 2.37. The highest BCUT2D eigenvalue weighted by Gasteiger charge is 2.46. The van der Waals surface area contributed by atoms with Crippen molar-refractivity contribution in [3.8, 4) is 6.07 Å². The number of nitrogens with one attached hydrogen (secondary N) is 1. The van der Waals surface area contributed by atoms with Gasteiger partial charge in [-0.1, -0.05) is 11.6 Å². The Morgan fingerprint density at radius 3 is 2.78 bits per heavy atom. The van der Waals surface area contributed by atoms with E-state index in [1.54, 1.807) is 0 Å². The minimum Gasteiger partial charge on any atom is -0.338 e. The Morgan fingerprint density at radius 2 is 2.17 bits per heavy atom. The van der Waals surface area contributed by atoms with Gasteiger partial charge in [-0.15, -0.1) is 0 Å². The summed E-state index contributed by atoms with van der Waals surface area (Å²) >= 11 is 5.97. The molecule has 2 aliphatic carbocycles. The van der Waals surface area contributed by atoms with E-state index in [-0.39, 0.29) is 22.1 Å². The molecule has 122 valence electrons. The maximum Gasteiger partial charge on any atom is 0.224 e. The summed E-state index contributed by atoms with van der Waals surface area (Å²) in [5.41, 5.74) is -0.672. The van der Waals surface area contributed by atoms with Gasteiger partial charge in [-0.25, -0.2) is 4.39 Å². The third-order valence-corrected chi connectivity index (χ3v) is 6.74. The summed E-state index contributed by atoms with van der Waals surface area (Å²) < 4.78 is 25.7. The van der Waals surface area contributed by atoms with Crippen LogP contribution in [0, 0.1) is 23.1 Å². The lowest BCUT2D eigenvalue weighted by Gasteiger charge is -2.15. The Bertz CT molecular complexity index is 715. The fraction of sp³-hybridized carbons (Fsp3) is 0.500. The second kappa shape index (κ2) is 6.21. The quantitative estimate of drug-likeness (QED) is 0.903. The highest BCUT2D eigenvalue weighted by molar-refractivity contribution is 7.85. The average molecular weight is 355 g/mol. The van der Waals surface area contributed by atoms with Gasteiger partial charge in [0, 0.05) is 11.2 Å². The van der Waals surface area contributed by atoms with Crippen LogP contribution in [0.5, 0.6) is 0 Å². The first-order chi connectivity index (χ1) is 10.9. The second-order valence-corrected chi connectivity index (χ2v) is 8.30. The Hall–Kier alpha value is -1.45. The number of nitriles is 1. The molecule has 2 saturated carbocycles. The molecular weight excluding hydrogens is 339 g/mol. The molecule has 7 heteroatoms. The standard InChI is InChI=1S/C16H16ClFN2O2S/c17-13-8-11(18)2-4-14(13)23(22)12-3-1-10(7-12)15(21)20-16(9-19)5-6-16/h2,4,8,10,12H,1,3,5-7H2,(H,20,21)/t10-,12-,23?/m1/s1. The summed E-state index contributed by atoms with van der Waals surface area (Å²) in [5, 5.41) is 11.8. The molecule has 1 aromatic carbocycles. The van der Waals surface area contributed by atoms with Gasteiger partial charge in [0.2, 0.25) is 5.91 Å². The number of nitrogens with zero attached hydrogens (tertiary/aromatic N) is 1. The van der Waals surface area contributed by atoms with Crippen LogP contribution >= 0.6 is 11.6 Å². The van der Waals surface area contributed by atoms with Crippen LogP contribution in [0.25, 0.3) is 0 Å². The number of hydrogen-bond acceptors (Lipinski definition) is 3. The summed E-state index contributed by atoms with van der Waals surface area (Å²) in [5.74, 6) is -0.826. The van der Waals surface area contributed by atoms with Crippen molar-refractivity contribution in [1.29, 1.82) is 5.26 Å². The Labute approximate surface area is 141 Å². The van der Waals surface area contributed by atoms with Crippen LogP contribution in [0.15, 0.2) is 23.1 Å². The van der Waals surface area contributed by atoms with Gasteiger partial charge in [-0.2, -0.15) is 5.26 Å². The van der Waals surface area contributed by atoms with Crippen LogP contribution in [0.4, 0.5) is 4.39 Å². The summed E-state index contributed by atoms with van der Waals surface area (Å²) in [4.78, 5) is 12.7. The molecule has 3 atom stereocenters. The van der Waals surface area contributed by atoms with Gasteiger partial charge in [-0.3, -0.25) is 9.00 Å². The molecule has 0 bridgehead atoms. The minimum atomic E-state index is -1.37. The lowest BCUT2D eigenvalue weighted by molar-refractivity contribution is -0.125. The lowest BCUT2D eigenvalue weighted by Crippen LogP contribution is -2.39. The van der Waals surface area contributed by atoms with Gasteiger partial charge in [0.15, 0.2) is 0 Å². The van der Waals surface area contributed by atoms with Crippen molar-refractivity contribution in [3.05, 3.63) is 29.0 Å². The van der Waals surface area contributed by atoms with E-state index in [4.69, 9.17) is 16.9 Å². The number of rotatable bonds is 4. The molecule has 0 saturated heterocycles. The molecule has 1 N–H and O–H groups in total. The zero-order valence-corrected chi connectivity index (χ0v) is 13.9. The zero-order valence-electron chi connectivity index (χ0n) is 12.4. The topological polar surface area (TPSA) is 70.0 Å². The molecule has 0 heterocycles. The van der Waals surface area contributed by atoms with Crippen LogP contribution in [-0.2, 0) is 15.6 Å². The Kier molecular flexibility index (Phi) is 4.43. The predicted molar refractivity (Wildman–Crippen MR) is 84.7 cm³/mol. The van der Waals surface area contributed by atoms with E-state index in [0.717, 1.165) is 6.07 Å². The maximum absolute atomic E-state index is 13.1. The predicted octanol–water partition coefficient (Wildman–Crippen LogP) is 2.93. The zero-order chi connectivity index (χ0) is 16.6. The lowest BCUT2D eigenvalue weighted by atomic mass is 10.1. The van der Waals surface area contributed by atoms with Crippen molar-refractivity contribution in [3.63, 3.8) is 0 Å². The van der Waals surface area contributed by atoms with Gasteiger partial charge in [0.1, 0.15) is 11.4 Å². The molecule has 23 heavy (non-hydrogen) atoms. The third-order valence-electron chi connectivity index (χ3n) is 4.50. The van der Waals surface area contributed by atoms with E-state index in [2.05, 4.69) is 11.4 Å². The van der Waals surface area contributed by atoms with Crippen LogP contribution < -0.4 is 5.32 Å². The van der Waals surface area contributed by atoms with Crippen LogP contribution in [0.1, 0.15) is 32.1 Å². The number of amides is 1. The molecule has 0 aromatic heterocycles. The smallest absolute Gasteiger partial charge is 0.224 e. The first kappa shape index (κ1) is 16.4. The van der Waals surface area contributed by atoms with Crippen LogP contribution in [0.2, 0.25) is 5.02 Å². The van der Waals surface area contributed by atoms with Crippen LogP contribution in [-0.4, -0.2) is 20.9 Å².